The predicted octanol–water partition coefficient (Wildman–Crippen LogP) is 4.99. The summed E-state index contributed by atoms with van der Waals surface area (Å²) in [5.41, 5.74) is 1.45. The summed E-state index contributed by atoms with van der Waals surface area (Å²) in [5, 5.41) is 3.38. The summed E-state index contributed by atoms with van der Waals surface area (Å²) in [6.45, 7) is -2.97. The number of hydrogen-bond acceptors (Lipinski definition) is 6. The third-order valence-corrected chi connectivity index (χ3v) is 7.22. The molecule has 0 bridgehead atoms. The fourth-order valence-corrected chi connectivity index (χ4v) is 5.75. The number of aromatic amines is 1. The van der Waals surface area contributed by atoms with Gasteiger partial charge in [0, 0.05) is 22.7 Å². The molecule has 1 aromatic carbocycles. The van der Waals surface area contributed by atoms with Gasteiger partial charge >= 0.3 is 6.61 Å². The first-order chi connectivity index (χ1) is 14.9. The number of alkyl halides is 2. The number of H-pyrrole nitrogens is 1. The van der Waals surface area contributed by atoms with Crippen LogP contribution in [0.25, 0.3) is 10.2 Å². The van der Waals surface area contributed by atoms with E-state index in [1.165, 1.54) is 34.8 Å². The van der Waals surface area contributed by atoms with Crippen LogP contribution < -0.4 is 15.6 Å². The van der Waals surface area contributed by atoms with Crippen molar-refractivity contribution >= 4 is 56.5 Å². The van der Waals surface area contributed by atoms with Crippen molar-refractivity contribution in [3.63, 3.8) is 0 Å². The van der Waals surface area contributed by atoms with E-state index in [1.54, 1.807) is 11.3 Å². The van der Waals surface area contributed by atoms with E-state index in [9.17, 15) is 18.4 Å². The zero-order valence-corrected chi connectivity index (χ0v) is 18.6. The Morgan fingerprint density at radius 3 is 3.00 bits per heavy atom. The Balaban J connectivity index is 1.27. The maximum atomic E-state index is 12.5. The molecule has 1 amide bonds. The van der Waals surface area contributed by atoms with Crippen LogP contribution in [-0.2, 0) is 23.4 Å². The monoisotopic (exact) mass is 485 g/mol. The molecule has 1 aliphatic rings. The number of hydrogen-bond donors (Lipinski definition) is 2. The molecule has 0 saturated carbocycles. The summed E-state index contributed by atoms with van der Waals surface area (Å²) < 4.78 is 28.8. The van der Waals surface area contributed by atoms with Crippen LogP contribution in [0.5, 0.6) is 5.75 Å². The summed E-state index contributed by atoms with van der Waals surface area (Å²) in [6, 6.07) is 4.07. The molecule has 2 N–H and O–H groups in total. The first-order valence-corrected chi connectivity index (χ1v) is 11.9. The number of rotatable bonds is 8. The van der Waals surface area contributed by atoms with Crippen LogP contribution in [0.4, 0.5) is 14.5 Å². The van der Waals surface area contributed by atoms with Gasteiger partial charge in [-0.25, -0.2) is 4.98 Å². The Kier molecular flexibility index (Phi) is 6.78. The maximum absolute atomic E-state index is 12.5. The van der Waals surface area contributed by atoms with Crippen molar-refractivity contribution in [1.82, 2.24) is 9.97 Å². The molecule has 0 unspecified atom stereocenters. The number of nitrogens with one attached hydrogen (secondary N) is 2. The number of anilines is 1. The number of fused-ring (bicyclic) bond motifs is 3. The van der Waals surface area contributed by atoms with Gasteiger partial charge in [0.25, 0.3) is 5.56 Å². The van der Waals surface area contributed by atoms with Gasteiger partial charge in [-0.1, -0.05) is 11.6 Å². The molecule has 164 valence electrons. The van der Waals surface area contributed by atoms with E-state index in [1.807, 2.05) is 0 Å². The largest absolute Gasteiger partial charge is 0.433 e. The second-order valence-electron chi connectivity index (χ2n) is 6.92. The smallest absolute Gasteiger partial charge is 0.387 e. The lowest BCUT2D eigenvalue weighted by Crippen LogP contribution is -2.13. The minimum absolute atomic E-state index is 0.0163. The minimum atomic E-state index is -2.97. The lowest BCUT2D eigenvalue weighted by atomic mass is 10.2. The summed E-state index contributed by atoms with van der Waals surface area (Å²) in [4.78, 5) is 34.1. The lowest BCUT2D eigenvalue weighted by Gasteiger charge is -2.09. The number of ether oxygens (including phenoxy) is 1. The van der Waals surface area contributed by atoms with Crippen LogP contribution in [-0.4, -0.2) is 28.2 Å². The highest BCUT2D eigenvalue weighted by molar-refractivity contribution is 7.98. The SMILES string of the molecule is O=C(CCSCc1nc2sc3c(c2c(=O)[nH]1)CCC3)Nc1ccc(OC(F)F)c(Cl)c1. The van der Waals surface area contributed by atoms with Crippen molar-refractivity contribution in [1.29, 1.82) is 0 Å². The molecule has 0 saturated heterocycles. The molecule has 0 radical (unpaired) electrons. The number of aromatic nitrogens is 2. The van der Waals surface area contributed by atoms with E-state index in [0.717, 1.165) is 35.0 Å². The highest BCUT2D eigenvalue weighted by Gasteiger charge is 2.21. The number of thioether (sulfide) groups is 1. The number of nitrogens with zero attached hydrogens (tertiary/aromatic N) is 1. The first kappa shape index (κ1) is 22.0. The van der Waals surface area contributed by atoms with Crippen molar-refractivity contribution in [2.45, 2.75) is 38.0 Å². The molecule has 11 heteroatoms. The fourth-order valence-electron chi connectivity index (χ4n) is 3.44. The molecule has 6 nitrogen and oxygen atoms in total. The van der Waals surface area contributed by atoms with Gasteiger partial charge in [-0.15, -0.1) is 11.3 Å². The third-order valence-electron chi connectivity index (χ3n) is 4.77. The molecule has 0 spiro atoms. The molecule has 31 heavy (non-hydrogen) atoms. The number of thiophene rings is 1. The van der Waals surface area contributed by atoms with Crippen molar-refractivity contribution in [2.24, 2.45) is 0 Å². The van der Waals surface area contributed by atoms with Gasteiger partial charge in [0.05, 0.1) is 16.2 Å². The van der Waals surface area contributed by atoms with Gasteiger partial charge < -0.3 is 15.0 Å². The average molecular weight is 486 g/mol. The second-order valence-corrected chi connectivity index (χ2v) is 9.52. The van der Waals surface area contributed by atoms with Crippen LogP contribution in [0, 0.1) is 0 Å². The van der Waals surface area contributed by atoms with E-state index in [-0.39, 0.29) is 28.7 Å². The normalized spacial score (nSPS) is 13.0. The van der Waals surface area contributed by atoms with Gasteiger partial charge in [-0.3, -0.25) is 9.59 Å². The topological polar surface area (TPSA) is 84.1 Å². The van der Waals surface area contributed by atoms with Gasteiger partial charge in [0.2, 0.25) is 5.91 Å². The van der Waals surface area contributed by atoms with Gasteiger partial charge in [0.15, 0.2) is 0 Å². The summed E-state index contributed by atoms with van der Waals surface area (Å²) >= 11 is 8.97. The van der Waals surface area contributed by atoms with E-state index in [2.05, 4.69) is 20.0 Å². The van der Waals surface area contributed by atoms with Crippen LogP contribution in [0.15, 0.2) is 23.0 Å². The standard InChI is InChI=1S/C20H18ClF2N3O3S2/c21-12-8-10(4-5-13(12)29-20(22)23)24-16(27)6-7-30-9-15-25-18(28)17-11-2-1-3-14(11)31-19(17)26-15/h4-5,8,20H,1-3,6-7,9H2,(H,24,27)(H,25,26,28). The van der Waals surface area contributed by atoms with E-state index < -0.39 is 6.61 Å². The third kappa shape index (κ3) is 5.19. The highest BCUT2D eigenvalue weighted by atomic mass is 35.5. The maximum Gasteiger partial charge on any atom is 0.387 e. The molecular formula is C20H18ClF2N3O3S2. The first-order valence-electron chi connectivity index (χ1n) is 9.56. The van der Waals surface area contributed by atoms with Crippen LogP contribution in [0.1, 0.15) is 29.1 Å². The molecule has 0 fully saturated rings. The van der Waals surface area contributed by atoms with Crippen molar-refractivity contribution in [2.75, 3.05) is 11.1 Å². The average Bonchev–Trinajstić information content (AvgIpc) is 3.28. The number of amides is 1. The number of halogens is 3. The summed E-state index contributed by atoms with van der Waals surface area (Å²) in [5.74, 6) is 1.23. The Morgan fingerprint density at radius 2 is 2.23 bits per heavy atom. The minimum Gasteiger partial charge on any atom is -0.433 e. The lowest BCUT2D eigenvalue weighted by molar-refractivity contribution is -0.115. The van der Waals surface area contributed by atoms with Crippen LogP contribution >= 0.6 is 34.7 Å². The number of carbonyl (C=O) groups is 1. The van der Waals surface area contributed by atoms with Crippen LogP contribution in [0.3, 0.4) is 0 Å². The van der Waals surface area contributed by atoms with Crippen molar-refractivity contribution in [3.05, 3.63) is 49.8 Å². The van der Waals surface area contributed by atoms with Gasteiger partial charge in [-0.2, -0.15) is 20.5 Å². The molecule has 2 aromatic heterocycles. The molecule has 0 atom stereocenters. The van der Waals surface area contributed by atoms with Crippen molar-refractivity contribution in [3.8, 4) is 5.75 Å². The zero-order chi connectivity index (χ0) is 22.0. The van der Waals surface area contributed by atoms with E-state index >= 15 is 0 Å². The summed E-state index contributed by atoms with van der Waals surface area (Å²) in [7, 11) is 0. The second kappa shape index (κ2) is 9.54. The van der Waals surface area contributed by atoms with E-state index in [4.69, 9.17) is 11.6 Å². The van der Waals surface area contributed by atoms with Gasteiger partial charge in [0.1, 0.15) is 16.4 Å². The van der Waals surface area contributed by atoms with Crippen LogP contribution in [0.2, 0.25) is 5.02 Å². The fraction of sp³-hybridized carbons (Fsp3) is 0.350. The molecule has 4 rings (SSSR count). The predicted molar refractivity (Wildman–Crippen MR) is 120 cm³/mol. The highest BCUT2D eigenvalue weighted by Crippen LogP contribution is 2.34. The number of carbonyl (C=O) groups excluding carboxylic acids is 1. The molecule has 3 aromatic rings. The quantitative estimate of drug-likeness (QED) is 0.439. The Labute approximate surface area is 189 Å². The Morgan fingerprint density at radius 1 is 1.39 bits per heavy atom. The molecule has 0 aliphatic heterocycles. The molecule has 1 aliphatic carbocycles. The van der Waals surface area contributed by atoms with E-state index in [0.29, 0.717) is 23.0 Å². The molecule has 2 heterocycles. The summed E-state index contributed by atoms with van der Waals surface area (Å²) in [6.07, 6.45) is 3.28. The van der Waals surface area contributed by atoms with Gasteiger partial charge in [-0.05, 0) is 43.0 Å². The molecular weight excluding hydrogens is 468 g/mol. The number of benzene rings is 1. The Hall–Kier alpha value is -2.17. The van der Waals surface area contributed by atoms with Crippen molar-refractivity contribution < 1.29 is 18.3 Å². The zero-order valence-electron chi connectivity index (χ0n) is 16.2. The number of aryl methyl sites for hydroxylation is 2. The Bertz CT molecular complexity index is 1180.